The van der Waals surface area contributed by atoms with E-state index in [9.17, 15) is 10.1 Å². The minimum Gasteiger partial charge on any atom is -0.378 e. The molecular weight excluding hydrogens is 466 g/mol. The van der Waals surface area contributed by atoms with Crippen LogP contribution in [-0.2, 0) is 9.47 Å². The average Bonchev–Trinajstić information content (AvgIpc) is 2.91. The zero-order valence-electron chi connectivity index (χ0n) is 19.4. The van der Waals surface area contributed by atoms with E-state index in [2.05, 4.69) is 58.3 Å². The Labute approximate surface area is 210 Å². The van der Waals surface area contributed by atoms with Gasteiger partial charge in [0, 0.05) is 60.6 Å². The lowest BCUT2D eigenvalue weighted by Crippen LogP contribution is -2.36. The van der Waals surface area contributed by atoms with E-state index in [1.54, 1.807) is 12.1 Å². The first-order valence-corrected chi connectivity index (χ1v) is 12.3. The fraction of sp³-hybridized carbons (Fsp3) is 0.333. The van der Waals surface area contributed by atoms with Crippen LogP contribution < -0.4 is 9.80 Å². The second-order valence-corrected chi connectivity index (χ2v) is 9.19. The van der Waals surface area contributed by atoms with Crippen molar-refractivity contribution < 1.29 is 14.4 Å². The van der Waals surface area contributed by atoms with Crippen LogP contribution in [0.1, 0.15) is 22.6 Å². The monoisotopic (exact) mass is 493 g/mol. The highest BCUT2D eigenvalue weighted by Gasteiger charge is 2.23. The third-order valence-corrected chi connectivity index (χ3v) is 7.05. The van der Waals surface area contributed by atoms with E-state index in [0.717, 1.165) is 80.7 Å². The molecule has 182 valence electrons. The molecule has 0 amide bonds. The van der Waals surface area contributed by atoms with Gasteiger partial charge in [0.2, 0.25) is 0 Å². The highest BCUT2D eigenvalue weighted by molar-refractivity contribution is 6.31. The first-order valence-electron chi connectivity index (χ1n) is 11.9. The predicted molar refractivity (Wildman–Crippen MR) is 138 cm³/mol. The quantitative estimate of drug-likeness (QED) is 0.270. The molecule has 0 atom stereocenters. The molecule has 2 aliphatic heterocycles. The van der Waals surface area contributed by atoms with E-state index in [1.807, 2.05) is 0 Å². The second kappa shape index (κ2) is 10.6. The van der Waals surface area contributed by atoms with E-state index >= 15 is 0 Å². The largest absolute Gasteiger partial charge is 0.378 e. The average molecular weight is 494 g/mol. The van der Waals surface area contributed by atoms with E-state index < -0.39 is 0 Å². The summed E-state index contributed by atoms with van der Waals surface area (Å²) in [5, 5.41) is 12.0. The summed E-state index contributed by atoms with van der Waals surface area (Å²) in [5.41, 5.74) is 5.10. The molecule has 7 nitrogen and oxygen atoms in total. The Morgan fingerprint density at radius 3 is 1.63 bits per heavy atom. The molecule has 0 N–H and O–H groups in total. The molecule has 0 radical (unpaired) electrons. The minimum atomic E-state index is -0.375. The molecular formula is C27H28ClN3O4. The predicted octanol–water partition coefficient (Wildman–Crippen LogP) is 5.10. The van der Waals surface area contributed by atoms with Crippen molar-refractivity contribution in [2.75, 3.05) is 62.4 Å². The standard InChI is InChI=1S/C27H28ClN3O4/c28-26-10-9-24(31(32)33)19-25(26)27(20-1-5-22(6-2-20)29-11-15-34-16-12-29)21-3-7-23(8-4-21)30-13-17-35-18-14-30/h1-10,19,27H,11-18H2. The van der Waals surface area contributed by atoms with Crippen molar-refractivity contribution in [1.82, 2.24) is 0 Å². The number of nitrogens with zero attached hydrogens (tertiary/aromatic N) is 3. The molecule has 8 heteroatoms. The Balaban J connectivity index is 1.52. The maximum absolute atomic E-state index is 11.5. The van der Waals surface area contributed by atoms with Crippen LogP contribution in [0.25, 0.3) is 0 Å². The molecule has 3 aromatic carbocycles. The fourth-order valence-electron chi connectivity index (χ4n) is 4.82. The Kier molecular flexibility index (Phi) is 7.18. The molecule has 0 unspecified atom stereocenters. The van der Waals surface area contributed by atoms with Crippen molar-refractivity contribution >= 4 is 28.7 Å². The molecule has 0 aliphatic carbocycles. The molecule has 35 heavy (non-hydrogen) atoms. The highest BCUT2D eigenvalue weighted by atomic mass is 35.5. The van der Waals surface area contributed by atoms with Gasteiger partial charge >= 0.3 is 0 Å². The van der Waals surface area contributed by atoms with Gasteiger partial charge in [0.15, 0.2) is 0 Å². The van der Waals surface area contributed by atoms with Gasteiger partial charge in [-0.25, -0.2) is 0 Å². The maximum Gasteiger partial charge on any atom is 0.269 e. The number of morpholine rings is 2. The number of benzene rings is 3. The number of halogens is 1. The summed E-state index contributed by atoms with van der Waals surface area (Å²) in [7, 11) is 0. The summed E-state index contributed by atoms with van der Waals surface area (Å²) in [6, 6.07) is 21.5. The lowest BCUT2D eigenvalue weighted by Gasteiger charge is -2.30. The Morgan fingerprint density at radius 1 is 0.743 bits per heavy atom. The van der Waals surface area contributed by atoms with Crippen molar-refractivity contribution in [3.05, 3.63) is 98.6 Å². The third kappa shape index (κ3) is 5.27. The van der Waals surface area contributed by atoms with E-state index in [4.69, 9.17) is 21.1 Å². The lowest BCUT2D eigenvalue weighted by atomic mass is 9.84. The molecule has 2 heterocycles. The van der Waals surface area contributed by atoms with Crippen molar-refractivity contribution in [2.45, 2.75) is 5.92 Å². The molecule has 0 saturated carbocycles. The van der Waals surface area contributed by atoms with Gasteiger partial charge in [-0.3, -0.25) is 10.1 Å². The van der Waals surface area contributed by atoms with Crippen molar-refractivity contribution in [1.29, 1.82) is 0 Å². The molecule has 2 aliphatic rings. The maximum atomic E-state index is 11.5. The first-order chi connectivity index (χ1) is 17.1. The summed E-state index contributed by atoms with van der Waals surface area (Å²) in [6.07, 6.45) is 0. The van der Waals surface area contributed by atoms with Gasteiger partial charge in [-0.05, 0) is 47.0 Å². The molecule has 0 aromatic heterocycles. The third-order valence-electron chi connectivity index (χ3n) is 6.71. The van der Waals surface area contributed by atoms with Gasteiger partial charge in [0.1, 0.15) is 0 Å². The van der Waals surface area contributed by atoms with Gasteiger partial charge in [-0.2, -0.15) is 0 Å². The molecule has 3 aromatic rings. The topological polar surface area (TPSA) is 68.1 Å². The number of ether oxygens (including phenoxy) is 2. The van der Waals surface area contributed by atoms with Crippen LogP contribution in [0.5, 0.6) is 0 Å². The van der Waals surface area contributed by atoms with Crippen LogP contribution >= 0.6 is 11.6 Å². The molecule has 5 rings (SSSR count). The van der Waals surface area contributed by atoms with E-state index in [-0.39, 0.29) is 16.5 Å². The van der Waals surface area contributed by atoms with Crippen LogP contribution in [0, 0.1) is 10.1 Å². The Bertz CT molecular complexity index is 1100. The van der Waals surface area contributed by atoms with Crippen LogP contribution in [0.3, 0.4) is 0 Å². The van der Waals surface area contributed by atoms with Gasteiger partial charge in [0.05, 0.1) is 31.4 Å². The summed E-state index contributed by atoms with van der Waals surface area (Å²) in [5.74, 6) is -0.236. The Morgan fingerprint density at radius 2 is 1.20 bits per heavy atom. The lowest BCUT2D eigenvalue weighted by molar-refractivity contribution is -0.384. The summed E-state index contributed by atoms with van der Waals surface area (Å²) < 4.78 is 10.9. The normalized spacial score (nSPS) is 16.5. The summed E-state index contributed by atoms with van der Waals surface area (Å²) in [6.45, 7) is 6.36. The van der Waals surface area contributed by atoms with Crippen LogP contribution in [0.15, 0.2) is 66.7 Å². The van der Waals surface area contributed by atoms with Crippen LogP contribution in [0.2, 0.25) is 5.02 Å². The zero-order valence-corrected chi connectivity index (χ0v) is 20.2. The number of anilines is 2. The number of nitro benzene ring substituents is 1. The molecule has 2 saturated heterocycles. The van der Waals surface area contributed by atoms with Gasteiger partial charge < -0.3 is 19.3 Å². The minimum absolute atomic E-state index is 0.0317. The highest BCUT2D eigenvalue weighted by Crippen LogP contribution is 2.39. The first kappa shape index (κ1) is 23.6. The Hall–Kier alpha value is -3.13. The van der Waals surface area contributed by atoms with Gasteiger partial charge in [-0.15, -0.1) is 0 Å². The SMILES string of the molecule is O=[N+]([O-])c1ccc(Cl)c(C(c2ccc(N3CCOCC3)cc2)c2ccc(N3CCOCC3)cc2)c1. The number of hydrogen-bond donors (Lipinski definition) is 0. The van der Waals surface area contributed by atoms with Gasteiger partial charge in [0.25, 0.3) is 5.69 Å². The number of nitro groups is 1. The fourth-order valence-corrected chi connectivity index (χ4v) is 5.04. The summed E-state index contributed by atoms with van der Waals surface area (Å²) >= 11 is 6.63. The second-order valence-electron chi connectivity index (χ2n) is 8.78. The van der Waals surface area contributed by atoms with Crippen LogP contribution in [-0.4, -0.2) is 57.5 Å². The zero-order chi connectivity index (χ0) is 24.2. The molecule has 0 bridgehead atoms. The van der Waals surface area contributed by atoms with Crippen molar-refractivity contribution in [3.63, 3.8) is 0 Å². The summed E-state index contributed by atoms with van der Waals surface area (Å²) in [4.78, 5) is 15.8. The van der Waals surface area contributed by atoms with Gasteiger partial charge in [-0.1, -0.05) is 35.9 Å². The van der Waals surface area contributed by atoms with E-state index in [0.29, 0.717) is 5.02 Å². The number of rotatable bonds is 6. The van der Waals surface area contributed by atoms with Crippen molar-refractivity contribution in [3.8, 4) is 0 Å². The molecule has 2 fully saturated rings. The van der Waals surface area contributed by atoms with E-state index in [1.165, 1.54) is 6.07 Å². The van der Waals surface area contributed by atoms with Crippen molar-refractivity contribution in [2.24, 2.45) is 0 Å². The van der Waals surface area contributed by atoms with Crippen LogP contribution in [0.4, 0.5) is 17.1 Å². The molecule has 0 spiro atoms. The smallest absolute Gasteiger partial charge is 0.269 e. The number of hydrogen-bond acceptors (Lipinski definition) is 6. The number of non-ortho nitro benzene ring substituents is 1.